The van der Waals surface area contributed by atoms with Gasteiger partial charge in [-0.3, -0.25) is 0 Å². The SMILES string of the molecule is C/C=C\C1=CC(C(C)(C)C)C(N)C=C1C. The van der Waals surface area contributed by atoms with E-state index in [2.05, 4.69) is 58.9 Å². The molecule has 0 aromatic carbocycles. The van der Waals surface area contributed by atoms with Gasteiger partial charge in [0.1, 0.15) is 0 Å². The summed E-state index contributed by atoms with van der Waals surface area (Å²) in [4.78, 5) is 0. The van der Waals surface area contributed by atoms with E-state index in [4.69, 9.17) is 5.73 Å². The van der Waals surface area contributed by atoms with Gasteiger partial charge in [-0.25, -0.2) is 0 Å². The van der Waals surface area contributed by atoms with Crippen LogP contribution >= 0.6 is 0 Å². The zero-order chi connectivity index (χ0) is 11.6. The average Bonchev–Trinajstić information content (AvgIpc) is 2.07. The van der Waals surface area contributed by atoms with E-state index in [1.54, 1.807) is 0 Å². The normalized spacial score (nSPS) is 27.9. The Bertz CT molecular complexity index is 313. The van der Waals surface area contributed by atoms with Crippen LogP contribution < -0.4 is 5.73 Å². The van der Waals surface area contributed by atoms with Gasteiger partial charge in [-0.15, -0.1) is 0 Å². The molecule has 1 nitrogen and oxygen atoms in total. The Labute approximate surface area is 93.7 Å². The van der Waals surface area contributed by atoms with Gasteiger partial charge in [0, 0.05) is 12.0 Å². The molecule has 0 amide bonds. The zero-order valence-corrected chi connectivity index (χ0v) is 10.5. The van der Waals surface area contributed by atoms with Gasteiger partial charge in [0.05, 0.1) is 0 Å². The van der Waals surface area contributed by atoms with E-state index in [0.717, 1.165) is 0 Å². The Hall–Kier alpha value is -0.820. The van der Waals surface area contributed by atoms with Crippen LogP contribution in [-0.2, 0) is 0 Å². The lowest BCUT2D eigenvalue weighted by Gasteiger charge is -2.35. The summed E-state index contributed by atoms with van der Waals surface area (Å²) in [6.07, 6.45) is 8.75. The predicted molar refractivity (Wildman–Crippen MR) is 67.6 cm³/mol. The van der Waals surface area contributed by atoms with Crippen LogP contribution in [0.3, 0.4) is 0 Å². The summed E-state index contributed by atoms with van der Waals surface area (Å²) < 4.78 is 0. The molecule has 0 saturated carbocycles. The molecule has 84 valence electrons. The first-order chi connectivity index (χ1) is 6.86. The maximum absolute atomic E-state index is 6.17. The van der Waals surface area contributed by atoms with Crippen LogP contribution in [0.15, 0.2) is 35.5 Å². The number of hydrogen-bond donors (Lipinski definition) is 1. The van der Waals surface area contributed by atoms with Crippen LogP contribution in [0.1, 0.15) is 34.6 Å². The minimum absolute atomic E-state index is 0.152. The molecule has 1 aliphatic carbocycles. The summed E-state index contributed by atoms with van der Waals surface area (Å²) in [5.41, 5.74) is 9.01. The van der Waals surface area contributed by atoms with E-state index < -0.39 is 0 Å². The topological polar surface area (TPSA) is 26.0 Å². The van der Waals surface area contributed by atoms with Gasteiger partial charge < -0.3 is 5.73 Å². The highest BCUT2D eigenvalue weighted by molar-refractivity contribution is 5.43. The van der Waals surface area contributed by atoms with Crippen molar-refractivity contribution in [3.8, 4) is 0 Å². The van der Waals surface area contributed by atoms with Crippen LogP contribution in [0.2, 0.25) is 0 Å². The Morgan fingerprint density at radius 1 is 1.27 bits per heavy atom. The van der Waals surface area contributed by atoms with E-state index in [-0.39, 0.29) is 11.5 Å². The van der Waals surface area contributed by atoms with Gasteiger partial charge in [-0.1, -0.05) is 45.1 Å². The molecule has 0 bridgehead atoms. The van der Waals surface area contributed by atoms with Crippen LogP contribution in [0, 0.1) is 11.3 Å². The van der Waals surface area contributed by atoms with Crippen molar-refractivity contribution < 1.29 is 0 Å². The van der Waals surface area contributed by atoms with Gasteiger partial charge in [0.25, 0.3) is 0 Å². The summed E-state index contributed by atoms with van der Waals surface area (Å²) in [6.45, 7) is 10.9. The fourth-order valence-corrected chi connectivity index (χ4v) is 2.12. The number of nitrogens with two attached hydrogens (primary N) is 1. The van der Waals surface area contributed by atoms with E-state index in [1.807, 2.05) is 0 Å². The maximum Gasteiger partial charge on any atom is 0.0298 e. The van der Waals surface area contributed by atoms with Crippen LogP contribution in [0.4, 0.5) is 0 Å². The van der Waals surface area contributed by atoms with Crippen molar-refractivity contribution in [3.63, 3.8) is 0 Å². The summed E-state index contributed by atoms with van der Waals surface area (Å²) in [5.74, 6) is 0.424. The first-order valence-corrected chi connectivity index (χ1v) is 5.65. The van der Waals surface area contributed by atoms with Gasteiger partial charge in [0.2, 0.25) is 0 Å². The van der Waals surface area contributed by atoms with E-state index in [0.29, 0.717) is 5.92 Å². The van der Waals surface area contributed by atoms with Crippen molar-refractivity contribution in [1.82, 2.24) is 0 Å². The van der Waals surface area contributed by atoms with Crippen molar-refractivity contribution in [2.75, 3.05) is 0 Å². The molecule has 0 aromatic rings. The van der Waals surface area contributed by atoms with Gasteiger partial charge in [0.15, 0.2) is 0 Å². The molecular weight excluding hydrogens is 182 g/mol. The maximum atomic E-state index is 6.17. The highest BCUT2D eigenvalue weighted by atomic mass is 14.7. The standard InChI is InChI=1S/C14H23N/c1-6-7-11-9-12(14(3,4)5)13(15)8-10(11)2/h6-9,12-13H,15H2,1-5H3/b7-6-. The molecular formula is C14H23N. The summed E-state index contributed by atoms with van der Waals surface area (Å²) in [7, 11) is 0. The van der Waals surface area contributed by atoms with Crippen LogP contribution in [-0.4, -0.2) is 6.04 Å². The van der Waals surface area contributed by atoms with E-state index >= 15 is 0 Å². The summed E-state index contributed by atoms with van der Waals surface area (Å²) in [6, 6.07) is 0.152. The van der Waals surface area contributed by atoms with Crippen molar-refractivity contribution in [3.05, 3.63) is 35.5 Å². The summed E-state index contributed by atoms with van der Waals surface area (Å²) in [5, 5.41) is 0. The fraction of sp³-hybridized carbons (Fsp3) is 0.571. The lowest BCUT2D eigenvalue weighted by Crippen LogP contribution is -2.37. The quantitative estimate of drug-likeness (QED) is 0.697. The number of allylic oxidation sites excluding steroid dienone is 4. The van der Waals surface area contributed by atoms with Gasteiger partial charge in [-0.2, -0.15) is 0 Å². The van der Waals surface area contributed by atoms with E-state index in [1.165, 1.54) is 11.1 Å². The molecule has 2 atom stereocenters. The highest BCUT2D eigenvalue weighted by Gasteiger charge is 2.29. The first kappa shape index (κ1) is 12.3. The first-order valence-electron chi connectivity index (χ1n) is 5.65. The second-order valence-corrected chi connectivity index (χ2v) is 5.44. The molecule has 0 aromatic heterocycles. The molecule has 15 heavy (non-hydrogen) atoms. The van der Waals surface area contributed by atoms with Crippen LogP contribution in [0.25, 0.3) is 0 Å². The van der Waals surface area contributed by atoms with Crippen molar-refractivity contribution in [2.45, 2.75) is 40.7 Å². The second-order valence-electron chi connectivity index (χ2n) is 5.44. The molecule has 1 heteroatoms. The minimum atomic E-state index is 0.152. The summed E-state index contributed by atoms with van der Waals surface area (Å²) >= 11 is 0. The second kappa shape index (κ2) is 4.36. The molecule has 0 aliphatic heterocycles. The lowest BCUT2D eigenvalue weighted by molar-refractivity contribution is 0.269. The number of rotatable bonds is 1. The third kappa shape index (κ3) is 2.82. The third-order valence-corrected chi connectivity index (χ3v) is 3.02. The highest BCUT2D eigenvalue weighted by Crippen LogP contribution is 2.35. The molecule has 0 spiro atoms. The molecule has 1 aliphatic rings. The minimum Gasteiger partial charge on any atom is -0.324 e. The Morgan fingerprint density at radius 2 is 1.87 bits per heavy atom. The Kier molecular flexibility index (Phi) is 3.56. The zero-order valence-electron chi connectivity index (χ0n) is 10.5. The molecule has 2 N–H and O–H groups in total. The molecule has 1 rings (SSSR count). The van der Waals surface area contributed by atoms with Gasteiger partial charge >= 0.3 is 0 Å². The van der Waals surface area contributed by atoms with Gasteiger partial charge in [-0.05, 0) is 30.4 Å². The molecule has 0 fully saturated rings. The Balaban J connectivity index is 3.04. The Morgan fingerprint density at radius 3 is 2.33 bits per heavy atom. The van der Waals surface area contributed by atoms with Crippen molar-refractivity contribution in [1.29, 1.82) is 0 Å². The monoisotopic (exact) mass is 205 g/mol. The molecule has 0 saturated heterocycles. The van der Waals surface area contributed by atoms with Crippen molar-refractivity contribution in [2.24, 2.45) is 17.1 Å². The van der Waals surface area contributed by atoms with Crippen molar-refractivity contribution >= 4 is 0 Å². The van der Waals surface area contributed by atoms with Crippen LogP contribution in [0.5, 0.6) is 0 Å². The average molecular weight is 205 g/mol. The molecule has 2 unspecified atom stereocenters. The third-order valence-electron chi connectivity index (χ3n) is 3.02. The largest absolute Gasteiger partial charge is 0.324 e. The molecule has 0 radical (unpaired) electrons. The predicted octanol–water partition coefficient (Wildman–Crippen LogP) is 3.44. The fourth-order valence-electron chi connectivity index (χ4n) is 2.12. The number of hydrogen-bond acceptors (Lipinski definition) is 1. The van der Waals surface area contributed by atoms with E-state index in [9.17, 15) is 0 Å². The lowest BCUT2D eigenvalue weighted by atomic mass is 9.72. The smallest absolute Gasteiger partial charge is 0.0298 e. The molecule has 0 heterocycles.